The van der Waals surface area contributed by atoms with Crippen LogP contribution in [0.2, 0.25) is 0 Å². The summed E-state index contributed by atoms with van der Waals surface area (Å²) in [6, 6.07) is 1.22. The van der Waals surface area contributed by atoms with Crippen molar-refractivity contribution in [3.05, 3.63) is 46.0 Å². The number of phosphoric ester groups is 1. The molecule has 1 aromatic heterocycles. The van der Waals surface area contributed by atoms with Gasteiger partial charge in [-0.05, 0) is 6.07 Å². The molecule has 1 fully saturated rings. The lowest BCUT2D eigenvalue weighted by atomic mass is 9.98. The van der Waals surface area contributed by atoms with Crippen LogP contribution in [0.15, 0.2) is 40.3 Å². The molecular formula is C16H22N3O13P2-. The van der Waals surface area contributed by atoms with Crippen LogP contribution in [0.25, 0.3) is 0 Å². The second-order valence-corrected chi connectivity index (χ2v) is 10.2. The maximum Gasteiger partial charge on any atom is 0.391 e. The fourth-order valence-electron chi connectivity index (χ4n) is 3.23. The monoisotopic (exact) mass is 526 g/mol. The number of nitrogens with two attached hydrogens (primary N) is 1. The zero-order chi connectivity index (χ0) is 25.4. The molecule has 190 valence electrons. The maximum atomic E-state index is 12.3. The number of nitrogens with zero attached hydrogens (tertiary/aromatic N) is 2. The molecule has 0 amide bonds. The minimum Gasteiger partial charge on any atom is -0.746 e. The molecule has 3 rings (SSSR count). The lowest BCUT2D eigenvalue weighted by molar-refractivity contribution is -0.224. The average molecular weight is 526 g/mol. The van der Waals surface area contributed by atoms with Crippen molar-refractivity contribution in [1.82, 2.24) is 9.55 Å². The molecule has 0 spiro atoms. The second-order valence-electron chi connectivity index (χ2n) is 7.42. The smallest absolute Gasteiger partial charge is 0.391 e. The summed E-state index contributed by atoms with van der Waals surface area (Å²) >= 11 is 0. The molecule has 4 unspecified atom stereocenters. The predicted molar refractivity (Wildman–Crippen MR) is 108 cm³/mol. The molecule has 1 aliphatic carbocycles. The van der Waals surface area contributed by atoms with E-state index < -0.39 is 82.0 Å². The van der Waals surface area contributed by atoms with Gasteiger partial charge in [0.2, 0.25) is 5.50 Å². The molecule has 1 saturated heterocycles. The zero-order valence-corrected chi connectivity index (χ0v) is 18.9. The van der Waals surface area contributed by atoms with E-state index >= 15 is 0 Å². The molecule has 7 atom stereocenters. The van der Waals surface area contributed by atoms with E-state index in [-0.39, 0.29) is 5.82 Å². The summed E-state index contributed by atoms with van der Waals surface area (Å²) in [7, 11) is -10.8. The Bertz CT molecular complexity index is 1130. The van der Waals surface area contributed by atoms with Gasteiger partial charge in [0.25, 0.3) is 0 Å². The first-order valence-electron chi connectivity index (χ1n) is 9.54. The van der Waals surface area contributed by atoms with Gasteiger partial charge in [-0.15, -0.1) is 0 Å². The van der Waals surface area contributed by atoms with Gasteiger partial charge in [-0.1, -0.05) is 12.2 Å². The molecule has 0 bridgehead atoms. The van der Waals surface area contributed by atoms with E-state index in [1.165, 1.54) is 6.07 Å². The van der Waals surface area contributed by atoms with Gasteiger partial charge in [0.15, 0.2) is 6.23 Å². The van der Waals surface area contributed by atoms with Crippen LogP contribution >= 0.6 is 15.4 Å². The Kier molecular flexibility index (Phi) is 7.82. The van der Waals surface area contributed by atoms with Gasteiger partial charge in [0.05, 0.1) is 18.8 Å². The van der Waals surface area contributed by atoms with Crippen LogP contribution in [0.5, 0.6) is 0 Å². The van der Waals surface area contributed by atoms with E-state index in [0.717, 1.165) is 22.9 Å². The van der Waals surface area contributed by atoms with Crippen LogP contribution in [0.1, 0.15) is 12.6 Å². The molecule has 8 N–H and O–H groups in total. The van der Waals surface area contributed by atoms with Crippen molar-refractivity contribution in [2.75, 3.05) is 12.3 Å². The number of anilines is 1. The minimum atomic E-state index is -5.50. The lowest BCUT2D eigenvalue weighted by Gasteiger charge is -2.29. The SMILES string of the molecule is Nc1ccn([C@@H]2O[C@H](COP(=O)([O-])O/C(=C3\C=CC(O)C(O)C3)P(=O)(O)O)[C@H](O)C2O)c(=O)n1. The highest BCUT2D eigenvalue weighted by Crippen LogP contribution is 2.56. The van der Waals surface area contributed by atoms with Gasteiger partial charge < -0.3 is 54.6 Å². The number of nitrogen functional groups attached to an aromatic ring is 1. The zero-order valence-electron chi connectivity index (χ0n) is 17.1. The van der Waals surface area contributed by atoms with E-state index in [4.69, 9.17) is 10.5 Å². The Hall–Kier alpha value is -1.94. The van der Waals surface area contributed by atoms with Crippen LogP contribution in [-0.2, 0) is 22.9 Å². The Labute approximate surface area is 190 Å². The topological polar surface area (TPSA) is 267 Å². The molecule has 1 aromatic rings. The molecule has 34 heavy (non-hydrogen) atoms. The number of aliphatic hydroxyl groups is 4. The van der Waals surface area contributed by atoms with Crippen molar-refractivity contribution >= 4 is 21.2 Å². The molecule has 0 saturated carbocycles. The Morgan fingerprint density at radius 3 is 2.53 bits per heavy atom. The van der Waals surface area contributed by atoms with Crippen LogP contribution in [-0.4, -0.2) is 76.9 Å². The number of hydrogen-bond donors (Lipinski definition) is 7. The van der Waals surface area contributed by atoms with Crippen molar-refractivity contribution in [2.24, 2.45) is 0 Å². The number of hydrogen-bond acceptors (Lipinski definition) is 13. The third-order valence-electron chi connectivity index (χ3n) is 4.92. The Balaban J connectivity index is 1.74. The highest BCUT2D eigenvalue weighted by atomic mass is 31.2. The number of allylic oxidation sites excluding steroid dienone is 1. The first-order valence-corrected chi connectivity index (χ1v) is 12.6. The van der Waals surface area contributed by atoms with Crippen molar-refractivity contribution in [3.8, 4) is 0 Å². The highest BCUT2D eigenvalue weighted by Gasteiger charge is 2.45. The third kappa shape index (κ3) is 6.00. The summed E-state index contributed by atoms with van der Waals surface area (Å²) in [6.45, 7) is -0.965. The minimum absolute atomic E-state index is 0.108. The van der Waals surface area contributed by atoms with Gasteiger partial charge in [0.1, 0.15) is 24.1 Å². The van der Waals surface area contributed by atoms with E-state index in [2.05, 4.69) is 14.0 Å². The summed E-state index contributed by atoms with van der Waals surface area (Å²) in [5.41, 5.74) is 2.75. The van der Waals surface area contributed by atoms with Gasteiger partial charge in [-0.3, -0.25) is 13.7 Å². The van der Waals surface area contributed by atoms with Gasteiger partial charge in [0, 0.05) is 18.2 Å². The molecular weight excluding hydrogens is 504 g/mol. The van der Waals surface area contributed by atoms with Crippen LogP contribution in [0.4, 0.5) is 5.82 Å². The predicted octanol–water partition coefficient (Wildman–Crippen LogP) is -2.98. The molecule has 18 heteroatoms. The van der Waals surface area contributed by atoms with E-state index in [1.54, 1.807) is 0 Å². The lowest BCUT2D eigenvalue weighted by Crippen LogP contribution is -2.36. The summed E-state index contributed by atoms with van der Waals surface area (Å²) < 4.78 is 39.2. The summed E-state index contributed by atoms with van der Waals surface area (Å²) in [5, 5.41) is 39.5. The van der Waals surface area contributed by atoms with E-state index in [0.29, 0.717) is 0 Å². The molecule has 16 nitrogen and oxygen atoms in total. The largest absolute Gasteiger partial charge is 0.746 e. The van der Waals surface area contributed by atoms with Gasteiger partial charge >= 0.3 is 21.1 Å². The van der Waals surface area contributed by atoms with Gasteiger partial charge in [-0.25, -0.2) is 4.79 Å². The summed E-state index contributed by atoms with van der Waals surface area (Å²) in [4.78, 5) is 46.6. The highest BCUT2D eigenvalue weighted by molar-refractivity contribution is 7.57. The first kappa shape index (κ1) is 26.7. The van der Waals surface area contributed by atoms with Crippen LogP contribution in [0.3, 0.4) is 0 Å². The standard InChI is InChI=1S/C16H23N3O13P2/c17-11-3-4-19(16(24)18-11)14-13(23)12(22)10(31-14)6-30-34(28,29)32-15(33(25,26)27)7-1-2-8(20)9(21)5-7/h1-4,8-10,12-14,20-23H,5-6H2,(H,28,29)(H2,17,18,24)(H2,25,26,27)/p-1/b15-7-/t8?,9?,10-,12+,13?,14-/m1/s1. The summed E-state index contributed by atoms with van der Waals surface area (Å²) in [6.07, 6.45) is -6.63. The number of rotatable bonds is 7. The van der Waals surface area contributed by atoms with E-state index in [1.807, 2.05) is 0 Å². The van der Waals surface area contributed by atoms with Crippen molar-refractivity contribution < 1.29 is 58.0 Å². The normalized spacial score (nSPS) is 32.9. The molecule has 1 aliphatic heterocycles. The fourth-order valence-corrected chi connectivity index (χ4v) is 5.20. The molecule has 0 radical (unpaired) electrons. The maximum absolute atomic E-state index is 12.3. The first-order chi connectivity index (χ1) is 15.7. The van der Waals surface area contributed by atoms with Crippen LogP contribution in [0, 0.1) is 0 Å². The van der Waals surface area contributed by atoms with Crippen molar-refractivity contribution in [1.29, 1.82) is 0 Å². The summed E-state index contributed by atoms with van der Waals surface area (Å²) in [5.74, 6) is -0.108. The number of ether oxygens (including phenoxy) is 1. The quantitative estimate of drug-likeness (QED) is 0.138. The average Bonchev–Trinajstić information content (AvgIpc) is 3.00. The van der Waals surface area contributed by atoms with Gasteiger partial charge in [-0.2, -0.15) is 4.98 Å². The van der Waals surface area contributed by atoms with Crippen LogP contribution < -0.4 is 16.3 Å². The second kappa shape index (κ2) is 9.97. The molecule has 2 aliphatic rings. The molecule has 0 aromatic carbocycles. The third-order valence-corrected chi connectivity index (χ3v) is 6.84. The number of aliphatic hydroxyl groups excluding tert-OH is 4. The van der Waals surface area contributed by atoms with Crippen molar-refractivity contribution in [2.45, 2.75) is 43.2 Å². The Morgan fingerprint density at radius 2 is 1.94 bits per heavy atom. The number of phosphoric acid groups is 1. The van der Waals surface area contributed by atoms with E-state index in [9.17, 15) is 49.0 Å². The molecule has 2 heterocycles. The number of aromatic nitrogens is 2. The fraction of sp³-hybridized carbons (Fsp3) is 0.500. The Morgan fingerprint density at radius 1 is 1.26 bits per heavy atom. The van der Waals surface area contributed by atoms with Crippen molar-refractivity contribution in [3.63, 3.8) is 0 Å².